The van der Waals surface area contributed by atoms with E-state index in [1.807, 2.05) is 0 Å². The predicted octanol–water partition coefficient (Wildman–Crippen LogP) is 13.9. The highest BCUT2D eigenvalue weighted by Gasteiger charge is 2.64. The van der Waals surface area contributed by atoms with Crippen molar-refractivity contribution in [3.05, 3.63) is 0 Å². The molecule has 0 aromatic rings. The van der Waals surface area contributed by atoms with E-state index in [-0.39, 0.29) is 0 Å². The van der Waals surface area contributed by atoms with Crippen LogP contribution in [0.4, 0.5) is 0 Å². The van der Waals surface area contributed by atoms with Crippen LogP contribution in [0.3, 0.4) is 0 Å². The maximum atomic E-state index is 7.29. The summed E-state index contributed by atoms with van der Waals surface area (Å²) in [6.45, 7) is 14.1. The lowest BCUT2D eigenvalue weighted by molar-refractivity contribution is 0.418. The normalized spacial score (nSPS) is 12.2. The Morgan fingerprint density at radius 2 is 0.488 bits per heavy atom. The van der Waals surface area contributed by atoms with Crippen LogP contribution >= 0.6 is 0 Å². The van der Waals surface area contributed by atoms with Crippen LogP contribution in [-0.2, 0) is 8.23 Å². The van der Waals surface area contributed by atoms with E-state index in [1.165, 1.54) is 190 Å². The van der Waals surface area contributed by atoms with E-state index < -0.39 is 16.6 Å². The van der Waals surface area contributed by atoms with Gasteiger partial charge in [0.15, 0.2) is 0 Å². The fourth-order valence-electron chi connectivity index (χ4n) is 6.50. The smallest absolute Gasteiger partial charge is 0.0863 e. The molecule has 0 heterocycles. The van der Waals surface area contributed by atoms with E-state index in [0.29, 0.717) is 10.0 Å². The predicted molar refractivity (Wildman–Crippen MR) is 193 cm³/mol. The molecule has 0 saturated heterocycles. The molecule has 0 aliphatic carbocycles. The Morgan fingerprint density at radius 1 is 0.293 bits per heavy atom. The average Bonchev–Trinajstić information content (AvgIpc) is 2.98. The van der Waals surface area contributed by atoms with Crippen molar-refractivity contribution in [2.75, 3.05) is 0 Å². The van der Waals surface area contributed by atoms with Gasteiger partial charge in [-0.25, -0.2) is 0 Å². The van der Waals surface area contributed by atoms with Gasteiger partial charge in [0.05, 0.1) is 0 Å². The first-order valence-electron chi connectivity index (χ1n) is 19.2. The highest BCUT2D eigenvalue weighted by Crippen LogP contribution is 2.34. The fourth-order valence-corrected chi connectivity index (χ4v) is 17.8. The van der Waals surface area contributed by atoms with Crippen molar-refractivity contribution >= 4 is 26.6 Å². The molecule has 0 amide bonds. The van der Waals surface area contributed by atoms with Gasteiger partial charge in [0.25, 0.3) is 16.6 Å². The van der Waals surface area contributed by atoms with Crippen LogP contribution in [0.2, 0.25) is 36.3 Å². The molecule has 0 bridgehead atoms. The van der Waals surface area contributed by atoms with Gasteiger partial charge in [0.2, 0.25) is 0 Å². The van der Waals surface area contributed by atoms with Crippen LogP contribution in [0.1, 0.15) is 196 Å². The number of rotatable bonds is 34. The van der Waals surface area contributed by atoms with Crippen molar-refractivity contribution in [2.24, 2.45) is 0 Å². The lowest BCUT2D eigenvalue weighted by atomic mass is 10.2. The Kier molecular flexibility index (Phi) is 31.0. The maximum Gasteiger partial charge on any atom is 1.44 e. The summed E-state index contributed by atoms with van der Waals surface area (Å²) in [4.78, 5) is 0. The molecule has 0 rings (SSSR count). The second kappa shape index (κ2) is 30.6. The molecule has 0 unspecified atom stereocenters. The van der Waals surface area contributed by atoms with E-state index in [9.17, 15) is 0 Å². The van der Waals surface area contributed by atoms with Gasteiger partial charge in [-0.05, 0) is 36.3 Å². The van der Waals surface area contributed by atoms with Crippen molar-refractivity contribution in [3.8, 4) is 0 Å². The Balaban J connectivity index is 5.70. The van der Waals surface area contributed by atoms with Gasteiger partial charge >= 0.3 is 10.0 Å². The molecule has 2 nitrogen and oxygen atoms in total. The minimum atomic E-state index is -1.77. The average molecular weight is 627 g/mol. The fraction of sp³-hybridized carbons (Fsp3) is 1.00. The van der Waals surface area contributed by atoms with Crippen molar-refractivity contribution in [3.63, 3.8) is 0 Å². The molecule has 0 radical (unpaired) electrons. The van der Waals surface area contributed by atoms with Crippen LogP contribution in [0.15, 0.2) is 0 Å². The first kappa shape index (κ1) is 41.6. The molecular weight excluding hydrogens is 549 g/mol. The Morgan fingerprint density at radius 3 is 0.659 bits per heavy atom. The molecule has 0 atom stereocenters. The van der Waals surface area contributed by atoms with Crippen LogP contribution in [-0.4, -0.2) is 26.6 Å². The van der Waals surface area contributed by atoms with Crippen molar-refractivity contribution < 1.29 is 8.23 Å². The standard InChI is InChI=1S/C36H78O2Si3/c1-7-13-19-25-31-40(32-26-20-14-8-2,33-27-21-15-9-3)37-39-38-41(34-28-22-16-10-4,35-29-23-17-11-5)36-30-24-18-12-6/h7-36H2,1-6H3/q+2. The summed E-state index contributed by atoms with van der Waals surface area (Å²) >= 11 is 0. The van der Waals surface area contributed by atoms with Crippen molar-refractivity contribution in [1.82, 2.24) is 0 Å². The number of hydrogen-bond acceptors (Lipinski definition) is 2. The molecule has 0 saturated carbocycles. The minimum Gasteiger partial charge on any atom is -0.0863 e. The topological polar surface area (TPSA) is 18.5 Å². The molecule has 244 valence electrons. The first-order chi connectivity index (χ1) is 20.1. The highest BCUT2D eigenvalue weighted by molar-refractivity contribution is 6.80. The quantitative estimate of drug-likeness (QED) is 0.0522. The lowest BCUT2D eigenvalue weighted by Crippen LogP contribution is -2.45. The SMILES string of the molecule is CCCCCC[Si](CCCCCC)(CCCCCC)O[Si+2]O[Si](CCCCCC)(CCCCCC)CCCCCC. The van der Waals surface area contributed by atoms with E-state index >= 15 is 0 Å². The Hall–Kier alpha value is 0.571. The molecule has 0 aromatic carbocycles. The van der Waals surface area contributed by atoms with E-state index in [4.69, 9.17) is 8.23 Å². The molecule has 0 aliphatic rings. The van der Waals surface area contributed by atoms with Gasteiger partial charge < -0.3 is 0 Å². The summed E-state index contributed by atoms with van der Waals surface area (Å²) in [5, 5.41) is 0. The first-order valence-corrected chi connectivity index (χ1v) is 25.1. The zero-order chi connectivity index (χ0) is 30.3. The van der Waals surface area contributed by atoms with Gasteiger partial charge in [0.1, 0.15) is 0 Å². The highest BCUT2D eigenvalue weighted by atomic mass is 28.4. The van der Waals surface area contributed by atoms with E-state index in [0.717, 1.165) is 0 Å². The second-order valence-corrected chi connectivity index (χ2v) is 23.0. The number of hydrogen-bond donors (Lipinski definition) is 0. The lowest BCUT2D eigenvalue weighted by Gasteiger charge is -2.24. The van der Waals surface area contributed by atoms with Gasteiger partial charge in [-0.3, -0.25) is 0 Å². The van der Waals surface area contributed by atoms with E-state index in [1.54, 1.807) is 0 Å². The second-order valence-electron chi connectivity index (χ2n) is 13.5. The van der Waals surface area contributed by atoms with Gasteiger partial charge in [0, 0.05) is 0 Å². The van der Waals surface area contributed by atoms with Gasteiger partial charge in [-0.2, -0.15) is 0 Å². The van der Waals surface area contributed by atoms with Crippen LogP contribution in [0.25, 0.3) is 0 Å². The molecule has 0 aliphatic heterocycles. The molecular formula is C36H78O2Si3+2. The Bertz CT molecular complexity index is 410. The monoisotopic (exact) mass is 627 g/mol. The molecule has 0 fully saturated rings. The number of unbranched alkanes of at least 4 members (excludes halogenated alkanes) is 18. The minimum absolute atomic E-state index is 0.332. The molecule has 0 aromatic heterocycles. The zero-order valence-corrected chi connectivity index (χ0v) is 32.5. The summed E-state index contributed by atoms with van der Waals surface area (Å²) in [6, 6.07) is 8.33. The van der Waals surface area contributed by atoms with Crippen LogP contribution in [0.5, 0.6) is 0 Å². The molecule has 41 heavy (non-hydrogen) atoms. The molecule has 5 heteroatoms. The van der Waals surface area contributed by atoms with Gasteiger partial charge in [-0.1, -0.05) is 204 Å². The van der Waals surface area contributed by atoms with Gasteiger partial charge in [-0.15, -0.1) is 0 Å². The third-order valence-corrected chi connectivity index (χ3v) is 21.2. The van der Waals surface area contributed by atoms with E-state index in [2.05, 4.69) is 41.5 Å². The summed E-state index contributed by atoms with van der Waals surface area (Å²) in [7, 11) is -3.20. The summed E-state index contributed by atoms with van der Waals surface area (Å²) in [5.41, 5.74) is 0. The Labute approximate surface area is 266 Å². The van der Waals surface area contributed by atoms with Crippen molar-refractivity contribution in [1.29, 1.82) is 0 Å². The van der Waals surface area contributed by atoms with Crippen LogP contribution in [0, 0.1) is 0 Å². The zero-order valence-electron chi connectivity index (χ0n) is 29.5. The summed E-state index contributed by atoms with van der Waals surface area (Å²) < 4.78 is 14.6. The largest absolute Gasteiger partial charge is 1.44 e. The maximum absolute atomic E-state index is 7.29. The molecule has 0 spiro atoms. The van der Waals surface area contributed by atoms with Crippen LogP contribution < -0.4 is 0 Å². The summed E-state index contributed by atoms with van der Waals surface area (Å²) in [5.74, 6) is 0. The van der Waals surface area contributed by atoms with Crippen molar-refractivity contribution in [2.45, 2.75) is 232 Å². The third kappa shape index (κ3) is 23.6. The molecule has 0 N–H and O–H groups in total. The summed E-state index contributed by atoms with van der Waals surface area (Å²) in [6.07, 6.45) is 33.0. The third-order valence-electron chi connectivity index (χ3n) is 9.43.